The molecule has 50 heavy (non-hydrogen) atoms. The maximum atomic E-state index is 13.0. The SMILES string of the molecule is CC(C)(C)OC(=O)N1CCCN(C(=O)OC(C)(C)C)C1=Nc1cccc(N2CCC(C=O)CC2)c1.CC(C)OC(N)=O.CNCCC(=O)OC. The van der Waals surface area contributed by atoms with Crippen molar-refractivity contribution in [2.24, 2.45) is 16.6 Å². The number of aliphatic imine (C=N–C) groups is 1. The number of guanidine groups is 1. The van der Waals surface area contributed by atoms with Crippen LogP contribution in [0.25, 0.3) is 0 Å². The molecule has 1 aromatic rings. The molecule has 0 spiro atoms. The first kappa shape index (κ1) is 43.6. The zero-order valence-electron chi connectivity index (χ0n) is 31.4. The fourth-order valence-corrected chi connectivity index (χ4v) is 4.56. The number of primary amides is 1. The molecule has 3 rings (SSSR count). The molecule has 3 N–H and O–H groups in total. The summed E-state index contributed by atoms with van der Waals surface area (Å²) in [5.74, 6) is 0.137. The van der Waals surface area contributed by atoms with Gasteiger partial charge in [-0.05, 0) is 99.9 Å². The van der Waals surface area contributed by atoms with E-state index < -0.39 is 29.5 Å². The number of nitrogens with one attached hydrogen (secondary N) is 1. The first-order valence-corrected chi connectivity index (χ1v) is 16.9. The summed E-state index contributed by atoms with van der Waals surface area (Å²) < 4.78 is 20.0. The van der Waals surface area contributed by atoms with E-state index in [-0.39, 0.29) is 24.0 Å². The highest BCUT2D eigenvalue weighted by atomic mass is 16.6. The van der Waals surface area contributed by atoms with Gasteiger partial charge in [-0.2, -0.15) is 0 Å². The molecule has 2 saturated heterocycles. The topological polar surface area (TPSA) is 182 Å². The van der Waals surface area contributed by atoms with Gasteiger partial charge < -0.3 is 39.7 Å². The molecule has 3 amide bonds. The molecule has 2 aliphatic rings. The van der Waals surface area contributed by atoms with Crippen LogP contribution in [-0.4, -0.2) is 110 Å². The Labute approximate surface area is 296 Å². The zero-order chi connectivity index (χ0) is 38.1. The molecule has 2 heterocycles. The van der Waals surface area contributed by atoms with Gasteiger partial charge in [-0.25, -0.2) is 29.2 Å². The lowest BCUT2D eigenvalue weighted by Gasteiger charge is -2.37. The fraction of sp³-hybridized carbons (Fsp3) is 0.657. The normalized spacial score (nSPS) is 15.1. The van der Waals surface area contributed by atoms with Gasteiger partial charge in [-0.15, -0.1) is 0 Å². The Morgan fingerprint density at radius 1 is 0.960 bits per heavy atom. The molecule has 0 atom stereocenters. The number of esters is 1. The summed E-state index contributed by atoms with van der Waals surface area (Å²) in [4.78, 5) is 67.1. The van der Waals surface area contributed by atoms with Crippen molar-refractivity contribution in [3.05, 3.63) is 24.3 Å². The Hall–Kier alpha value is -4.40. The lowest BCUT2D eigenvalue weighted by Crippen LogP contribution is -2.56. The number of anilines is 1. The smallest absolute Gasteiger partial charge is 0.417 e. The van der Waals surface area contributed by atoms with Gasteiger partial charge in [-0.1, -0.05) is 6.07 Å². The monoisotopic (exact) mass is 706 g/mol. The van der Waals surface area contributed by atoms with Gasteiger partial charge in [0.15, 0.2) is 0 Å². The van der Waals surface area contributed by atoms with Crippen LogP contribution >= 0.6 is 0 Å². The minimum atomic E-state index is -0.713. The summed E-state index contributed by atoms with van der Waals surface area (Å²) in [6.07, 6.45) is 1.78. The predicted molar refractivity (Wildman–Crippen MR) is 191 cm³/mol. The average molecular weight is 707 g/mol. The second kappa shape index (κ2) is 21.0. The minimum absolute atomic E-state index is 0.0995. The van der Waals surface area contributed by atoms with Gasteiger partial charge in [-0.3, -0.25) is 4.79 Å². The molecule has 15 nitrogen and oxygen atoms in total. The number of rotatable bonds is 7. The van der Waals surface area contributed by atoms with Crippen molar-refractivity contribution in [2.45, 2.75) is 98.4 Å². The van der Waals surface area contributed by atoms with Crippen molar-refractivity contribution in [1.82, 2.24) is 15.1 Å². The van der Waals surface area contributed by atoms with Crippen molar-refractivity contribution in [2.75, 3.05) is 51.8 Å². The van der Waals surface area contributed by atoms with E-state index in [0.717, 1.165) is 37.9 Å². The summed E-state index contributed by atoms with van der Waals surface area (Å²) in [7, 11) is 3.18. The first-order valence-electron chi connectivity index (χ1n) is 16.9. The summed E-state index contributed by atoms with van der Waals surface area (Å²) in [5, 5.41) is 2.83. The molecule has 15 heteroatoms. The standard InChI is InChI=1S/C26H38N4O5.C5H11NO2.C4H9NO2/c1-25(2,3)34-23(32)29-13-8-14-30(24(33)35-26(4,5)6)22(29)27-20-9-7-10-21(17-20)28-15-11-19(18-31)12-16-28;1-6-4-3-5(7)8-2;1-3(2)7-4(5)6/h7,9-10,17-19H,8,11-16H2,1-6H3;6H,3-4H2,1-2H3;3H,1-2H3,(H2,5,6). The van der Waals surface area contributed by atoms with Crippen molar-refractivity contribution < 1.29 is 42.9 Å². The highest BCUT2D eigenvalue weighted by molar-refractivity contribution is 6.03. The Balaban J connectivity index is 0.000000693. The Kier molecular flexibility index (Phi) is 18.3. The number of ether oxygens (including phenoxy) is 4. The van der Waals surface area contributed by atoms with E-state index in [4.69, 9.17) is 14.5 Å². The number of benzene rings is 1. The van der Waals surface area contributed by atoms with Crippen LogP contribution in [0.4, 0.5) is 25.8 Å². The van der Waals surface area contributed by atoms with Gasteiger partial charge >= 0.3 is 24.2 Å². The number of piperidine rings is 1. The molecule has 0 unspecified atom stereocenters. The molecular formula is C35H58N6O9. The van der Waals surface area contributed by atoms with Gasteiger partial charge in [0.1, 0.15) is 17.5 Å². The average Bonchev–Trinajstić information content (AvgIpc) is 3.02. The third-order valence-corrected chi connectivity index (χ3v) is 6.79. The predicted octanol–water partition coefficient (Wildman–Crippen LogP) is 5.23. The number of amides is 3. The van der Waals surface area contributed by atoms with Crippen LogP contribution in [0.5, 0.6) is 0 Å². The molecular weight excluding hydrogens is 648 g/mol. The molecule has 0 aromatic heterocycles. The second-order valence-corrected chi connectivity index (χ2v) is 13.9. The molecule has 0 bridgehead atoms. The van der Waals surface area contributed by atoms with E-state index in [1.807, 2.05) is 24.3 Å². The molecule has 0 radical (unpaired) electrons. The van der Waals surface area contributed by atoms with E-state index in [9.17, 15) is 24.0 Å². The van der Waals surface area contributed by atoms with Gasteiger partial charge in [0, 0.05) is 44.3 Å². The van der Waals surface area contributed by atoms with E-state index in [1.54, 1.807) is 62.4 Å². The lowest BCUT2D eigenvalue weighted by molar-refractivity contribution is -0.140. The minimum Gasteiger partial charge on any atom is -0.469 e. The van der Waals surface area contributed by atoms with Crippen molar-refractivity contribution in [3.8, 4) is 0 Å². The third kappa shape index (κ3) is 17.3. The van der Waals surface area contributed by atoms with Gasteiger partial charge in [0.05, 0.1) is 25.3 Å². The summed E-state index contributed by atoms with van der Waals surface area (Å²) in [6.45, 7) is 17.3. The summed E-state index contributed by atoms with van der Waals surface area (Å²) >= 11 is 0. The van der Waals surface area contributed by atoms with Crippen molar-refractivity contribution in [3.63, 3.8) is 0 Å². The zero-order valence-corrected chi connectivity index (χ0v) is 31.4. The number of hydrogen-bond acceptors (Lipinski definition) is 12. The van der Waals surface area contributed by atoms with Gasteiger partial charge in [0.25, 0.3) is 0 Å². The summed E-state index contributed by atoms with van der Waals surface area (Å²) in [6, 6.07) is 7.68. The quantitative estimate of drug-likeness (QED) is 0.215. The number of hydrogen-bond donors (Lipinski definition) is 2. The number of nitrogens with two attached hydrogens (primary N) is 1. The fourth-order valence-electron chi connectivity index (χ4n) is 4.56. The van der Waals surface area contributed by atoms with Crippen LogP contribution < -0.4 is 16.0 Å². The van der Waals surface area contributed by atoms with Crippen LogP contribution in [0.15, 0.2) is 29.3 Å². The number of methoxy groups -OCH3 is 1. The van der Waals surface area contributed by atoms with E-state index in [2.05, 4.69) is 25.4 Å². The maximum absolute atomic E-state index is 13.0. The van der Waals surface area contributed by atoms with Gasteiger partial charge in [0.2, 0.25) is 5.96 Å². The van der Waals surface area contributed by atoms with Crippen LogP contribution in [0.2, 0.25) is 0 Å². The van der Waals surface area contributed by atoms with Crippen LogP contribution in [0.3, 0.4) is 0 Å². The van der Waals surface area contributed by atoms with Crippen LogP contribution in [0.1, 0.15) is 81.1 Å². The second-order valence-electron chi connectivity index (χ2n) is 13.9. The third-order valence-electron chi connectivity index (χ3n) is 6.79. The highest BCUT2D eigenvalue weighted by Crippen LogP contribution is 2.28. The molecule has 282 valence electrons. The maximum Gasteiger partial charge on any atom is 0.417 e. The summed E-state index contributed by atoms with van der Waals surface area (Å²) in [5.41, 5.74) is 4.85. The van der Waals surface area contributed by atoms with Crippen molar-refractivity contribution >= 4 is 47.9 Å². The Bertz CT molecular complexity index is 1240. The lowest BCUT2D eigenvalue weighted by atomic mass is 9.98. The van der Waals surface area contributed by atoms with E-state index in [0.29, 0.717) is 38.2 Å². The number of aldehydes is 1. The van der Waals surface area contributed by atoms with Crippen molar-refractivity contribution in [1.29, 1.82) is 0 Å². The number of nitrogens with zero attached hydrogens (tertiary/aromatic N) is 4. The van der Waals surface area contributed by atoms with Crippen LogP contribution in [0, 0.1) is 5.92 Å². The molecule has 2 aliphatic heterocycles. The number of carbonyl (C=O) groups is 5. The molecule has 1 aromatic carbocycles. The first-order chi connectivity index (χ1) is 23.3. The highest BCUT2D eigenvalue weighted by Gasteiger charge is 2.37. The largest absolute Gasteiger partial charge is 0.469 e. The number of carbonyl (C=O) groups excluding carboxylic acids is 5. The van der Waals surface area contributed by atoms with E-state index >= 15 is 0 Å². The molecule has 0 saturated carbocycles. The Morgan fingerprint density at radius 2 is 1.50 bits per heavy atom. The molecule has 2 fully saturated rings. The van der Waals surface area contributed by atoms with Crippen LogP contribution in [-0.2, 0) is 28.5 Å². The molecule has 0 aliphatic carbocycles. The van der Waals surface area contributed by atoms with E-state index in [1.165, 1.54) is 16.9 Å². The Morgan fingerprint density at radius 3 is 1.90 bits per heavy atom.